The molecule has 2 aromatic carbocycles. The molecule has 2 aliphatic heterocycles. The summed E-state index contributed by atoms with van der Waals surface area (Å²) in [5.41, 5.74) is 0.435. The number of aromatic hydroxyl groups is 2. The lowest BCUT2D eigenvalue weighted by atomic mass is 9.50. The lowest BCUT2D eigenvalue weighted by molar-refractivity contribution is -0.326. The fourth-order valence-corrected chi connectivity index (χ4v) is 7.55. The van der Waals surface area contributed by atoms with Gasteiger partial charge in [-0.25, -0.2) is 4.79 Å². The lowest BCUT2D eigenvalue weighted by Gasteiger charge is -2.59. The molecule has 6 rings (SSSR count). The number of carbonyl (C=O) groups is 1. The van der Waals surface area contributed by atoms with Gasteiger partial charge in [-0.1, -0.05) is 6.07 Å². The second-order valence-electron chi connectivity index (χ2n) is 10.1. The molecule has 1 saturated carbocycles. The van der Waals surface area contributed by atoms with Crippen LogP contribution in [0.1, 0.15) is 46.9 Å². The number of methoxy groups -OCH3 is 4. The van der Waals surface area contributed by atoms with Crippen molar-refractivity contribution in [2.75, 3.05) is 35.0 Å². The monoisotopic (exact) mass is 513 g/mol. The molecule has 0 aromatic heterocycles. The number of nitrogens with one attached hydrogen (secondary N) is 1. The molecule has 2 heterocycles. The van der Waals surface area contributed by atoms with Crippen LogP contribution in [0.15, 0.2) is 30.3 Å². The Morgan fingerprint density at radius 2 is 1.84 bits per heavy atom. The van der Waals surface area contributed by atoms with Crippen LogP contribution < -0.4 is 14.8 Å². The zero-order valence-electron chi connectivity index (χ0n) is 21.2. The van der Waals surface area contributed by atoms with Crippen LogP contribution in [0.25, 0.3) is 0 Å². The van der Waals surface area contributed by atoms with Crippen molar-refractivity contribution in [3.05, 3.63) is 47.0 Å². The van der Waals surface area contributed by atoms with E-state index in [2.05, 4.69) is 5.32 Å². The van der Waals surface area contributed by atoms with Gasteiger partial charge in [0.15, 0.2) is 23.0 Å². The van der Waals surface area contributed by atoms with Crippen LogP contribution in [0.3, 0.4) is 0 Å². The maximum atomic E-state index is 13.4. The van der Waals surface area contributed by atoms with Crippen LogP contribution in [0.4, 0.5) is 0 Å². The van der Waals surface area contributed by atoms with Crippen LogP contribution in [0.5, 0.6) is 23.0 Å². The van der Waals surface area contributed by atoms with E-state index >= 15 is 0 Å². The van der Waals surface area contributed by atoms with Gasteiger partial charge in [-0.15, -0.1) is 0 Å². The molecule has 2 aromatic rings. The Labute approximate surface area is 214 Å². The minimum atomic E-state index is -1.29. The first-order valence-electron chi connectivity index (χ1n) is 12.3. The normalized spacial score (nSPS) is 35.0. The predicted molar refractivity (Wildman–Crippen MR) is 129 cm³/mol. The Balaban J connectivity index is 1.49. The number of carbonyl (C=O) groups excluding carboxylic acids is 1. The fourth-order valence-electron chi connectivity index (χ4n) is 7.55. The van der Waals surface area contributed by atoms with Gasteiger partial charge in [-0.3, -0.25) is 0 Å². The van der Waals surface area contributed by atoms with Crippen LogP contribution >= 0.6 is 0 Å². The molecule has 6 atom stereocenters. The molecule has 2 aliphatic carbocycles. The molecule has 10 heteroatoms. The van der Waals surface area contributed by atoms with Gasteiger partial charge in [0.2, 0.25) is 5.79 Å². The third-order valence-corrected chi connectivity index (χ3v) is 8.91. The number of phenols is 2. The summed E-state index contributed by atoms with van der Waals surface area (Å²) in [5, 5.41) is 25.1. The van der Waals surface area contributed by atoms with E-state index in [0.29, 0.717) is 31.6 Å². The Bertz CT molecular complexity index is 1270. The number of hydrogen-bond donors (Lipinski definition) is 3. The average molecular weight is 514 g/mol. The Morgan fingerprint density at radius 1 is 1.05 bits per heavy atom. The highest BCUT2D eigenvalue weighted by atomic mass is 16.7. The van der Waals surface area contributed by atoms with E-state index in [1.54, 1.807) is 20.3 Å². The summed E-state index contributed by atoms with van der Waals surface area (Å²) in [6.45, 7) is 0.656. The van der Waals surface area contributed by atoms with E-state index in [-0.39, 0.29) is 28.9 Å². The highest BCUT2D eigenvalue weighted by molar-refractivity contribution is 5.90. The van der Waals surface area contributed by atoms with Gasteiger partial charge < -0.3 is 44.0 Å². The number of hydrogen-bond acceptors (Lipinski definition) is 10. The van der Waals surface area contributed by atoms with Crippen LogP contribution in [-0.4, -0.2) is 74.7 Å². The summed E-state index contributed by atoms with van der Waals surface area (Å²) in [6, 6.07) is 7.96. The van der Waals surface area contributed by atoms with Crippen molar-refractivity contribution >= 4 is 5.97 Å². The third-order valence-electron chi connectivity index (χ3n) is 8.91. The summed E-state index contributed by atoms with van der Waals surface area (Å²) < 4.78 is 35.7. The maximum absolute atomic E-state index is 13.4. The van der Waals surface area contributed by atoms with Crippen molar-refractivity contribution < 1.29 is 43.4 Å². The molecular formula is C27H31NO9. The zero-order chi connectivity index (χ0) is 26.2. The molecule has 6 unspecified atom stereocenters. The van der Waals surface area contributed by atoms with Gasteiger partial charge in [0.1, 0.15) is 12.2 Å². The van der Waals surface area contributed by atoms with E-state index in [1.165, 1.54) is 32.4 Å². The molecule has 37 heavy (non-hydrogen) atoms. The number of phenolic OH excluding ortho intramolecular Hbond substituents is 2. The van der Waals surface area contributed by atoms with Crippen molar-refractivity contribution in [1.82, 2.24) is 5.32 Å². The smallest absolute Gasteiger partial charge is 0.338 e. The zero-order valence-corrected chi connectivity index (χ0v) is 21.2. The number of esters is 1. The molecule has 198 valence electrons. The molecule has 0 radical (unpaired) electrons. The second kappa shape index (κ2) is 8.22. The first-order valence-corrected chi connectivity index (χ1v) is 12.3. The molecular weight excluding hydrogens is 482 g/mol. The quantitative estimate of drug-likeness (QED) is 0.496. The van der Waals surface area contributed by atoms with Crippen LogP contribution in [0, 0.1) is 0 Å². The highest BCUT2D eigenvalue weighted by Crippen LogP contribution is 2.71. The summed E-state index contributed by atoms with van der Waals surface area (Å²) >= 11 is 0. The molecule has 3 fully saturated rings. The van der Waals surface area contributed by atoms with E-state index in [1.807, 2.05) is 6.07 Å². The topological polar surface area (TPSA) is 125 Å². The summed E-state index contributed by atoms with van der Waals surface area (Å²) in [5.74, 6) is -1.37. The van der Waals surface area contributed by atoms with E-state index in [9.17, 15) is 15.0 Å². The van der Waals surface area contributed by atoms with Gasteiger partial charge in [-0.05, 0) is 49.2 Å². The number of ether oxygens (including phenoxy) is 6. The van der Waals surface area contributed by atoms with Crippen molar-refractivity contribution in [3.8, 4) is 23.0 Å². The summed E-state index contributed by atoms with van der Waals surface area (Å²) in [6.07, 6.45) is -0.245. The van der Waals surface area contributed by atoms with Gasteiger partial charge in [0.05, 0.1) is 31.4 Å². The molecule has 2 bridgehead atoms. The Kier molecular flexibility index (Phi) is 5.40. The average Bonchev–Trinajstić information content (AvgIpc) is 3.44. The summed E-state index contributed by atoms with van der Waals surface area (Å²) in [7, 11) is 6.06. The molecule has 1 spiro atoms. The lowest BCUT2D eigenvalue weighted by Crippen LogP contribution is -2.78. The largest absolute Gasteiger partial charge is 0.504 e. The Morgan fingerprint density at radius 3 is 2.54 bits per heavy atom. The molecule has 10 nitrogen and oxygen atoms in total. The number of rotatable bonds is 6. The van der Waals surface area contributed by atoms with Crippen molar-refractivity contribution in [2.45, 2.75) is 54.3 Å². The van der Waals surface area contributed by atoms with Gasteiger partial charge in [0, 0.05) is 31.6 Å². The van der Waals surface area contributed by atoms with Gasteiger partial charge in [0.25, 0.3) is 0 Å². The summed E-state index contributed by atoms with van der Waals surface area (Å²) in [4.78, 5) is 13.4. The first-order chi connectivity index (χ1) is 17.8. The Hall–Kier alpha value is -3.05. The van der Waals surface area contributed by atoms with E-state index in [4.69, 9.17) is 28.4 Å². The van der Waals surface area contributed by atoms with Crippen molar-refractivity contribution in [2.24, 2.45) is 0 Å². The minimum Gasteiger partial charge on any atom is -0.504 e. The molecule has 2 saturated heterocycles. The minimum absolute atomic E-state index is 0.0671. The van der Waals surface area contributed by atoms with E-state index in [0.717, 1.165) is 11.1 Å². The van der Waals surface area contributed by atoms with Crippen molar-refractivity contribution in [1.29, 1.82) is 0 Å². The van der Waals surface area contributed by atoms with Crippen molar-refractivity contribution in [3.63, 3.8) is 0 Å². The predicted octanol–water partition coefficient (Wildman–Crippen LogP) is 2.55. The van der Waals surface area contributed by atoms with Gasteiger partial charge >= 0.3 is 5.97 Å². The fraction of sp³-hybridized carbons (Fsp3) is 0.519. The molecule has 0 amide bonds. The SMILES string of the molecule is COc1cc(C(=O)OC2CC34CCNC35CC(OC5(OC)C2OC)c2ccc(OC)c(O)c24)ccc1O. The number of benzene rings is 2. The van der Waals surface area contributed by atoms with Gasteiger partial charge in [-0.2, -0.15) is 0 Å². The first kappa shape index (κ1) is 24.3. The second-order valence-corrected chi connectivity index (χ2v) is 10.1. The van der Waals surface area contributed by atoms with E-state index < -0.39 is 34.9 Å². The highest BCUT2D eigenvalue weighted by Gasteiger charge is 2.81. The van der Waals surface area contributed by atoms with Crippen LogP contribution in [-0.2, 0) is 24.4 Å². The molecule has 4 aliphatic rings. The molecule has 3 N–H and O–H groups in total. The maximum Gasteiger partial charge on any atom is 0.338 e. The third kappa shape index (κ3) is 2.87. The number of fused-ring (bicyclic) bond motifs is 3. The standard InChI is InChI=1S/C27H31NO9/c1-32-17-8-6-15-19-13-26-25(9-10-28-26,21(15)22(17)30)12-20(23(34-3)27(26,35-4)37-19)36-24(31)14-5-7-16(29)18(11-14)33-2/h5-8,11,19-20,23,28-30H,9-10,12-13H2,1-4H3. The van der Waals surface area contributed by atoms with Crippen LogP contribution in [0.2, 0.25) is 0 Å².